The summed E-state index contributed by atoms with van der Waals surface area (Å²) < 4.78 is 0. The number of aryl methyl sites for hydroxylation is 1. The van der Waals surface area contributed by atoms with E-state index >= 15 is 0 Å². The van der Waals surface area contributed by atoms with Crippen LogP contribution in [0.15, 0.2) is 23.2 Å². The van der Waals surface area contributed by atoms with Crippen molar-refractivity contribution in [3.63, 3.8) is 0 Å². The second kappa shape index (κ2) is 10.1. The fourth-order valence-corrected chi connectivity index (χ4v) is 3.77. The molecule has 7 heteroatoms. The van der Waals surface area contributed by atoms with E-state index < -0.39 is 0 Å². The first-order valence-corrected chi connectivity index (χ1v) is 9.34. The highest BCUT2D eigenvalue weighted by Crippen LogP contribution is 2.27. The number of guanidine groups is 1. The number of aliphatic imine (C=N–C) groups is 1. The molecule has 2 heterocycles. The summed E-state index contributed by atoms with van der Waals surface area (Å²) in [6.07, 6.45) is 5.52. The molecule has 1 aliphatic carbocycles. The van der Waals surface area contributed by atoms with Crippen LogP contribution in [0.4, 0.5) is 0 Å². The lowest BCUT2D eigenvalue weighted by Gasteiger charge is -2.21. The van der Waals surface area contributed by atoms with Crippen LogP contribution < -0.4 is 10.6 Å². The van der Waals surface area contributed by atoms with Gasteiger partial charge in [0.15, 0.2) is 5.96 Å². The number of rotatable bonds is 4. The zero-order valence-corrected chi connectivity index (χ0v) is 18.0. The molecule has 1 amide bonds. The molecule has 2 aliphatic rings. The van der Waals surface area contributed by atoms with Gasteiger partial charge in [0.1, 0.15) is 0 Å². The van der Waals surface area contributed by atoms with Gasteiger partial charge in [-0.1, -0.05) is 18.9 Å². The summed E-state index contributed by atoms with van der Waals surface area (Å²) in [6, 6.07) is 6.27. The third kappa shape index (κ3) is 5.56. The molecular weight excluding hydrogens is 441 g/mol. The first-order valence-electron chi connectivity index (χ1n) is 9.34. The first-order chi connectivity index (χ1) is 12.2. The van der Waals surface area contributed by atoms with Crippen molar-refractivity contribution in [2.75, 3.05) is 20.1 Å². The molecule has 1 atom stereocenters. The minimum atomic E-state index is 0. The van der Waals surface area contributed by atoms with Gasteiger partial charge in [-0.25, -0.2) is 0 Å². The second-order valence-electron chi connectivity index (χ2n) is 7.09. The number of aromatic nitrogens is 1. The molecule has 2 fully saturated rings. The number of pyridine rings is 1. The summed E-state index contributed by atoms with van der Waals surface area (Å²) >= 11 is 0. The van der Waals surface area contributed by atoms with Crippen LogP contribution in [0.2, 0.25) is 0 Å². The Morgan fingerprint density at radius 3 is 2.77 bits per heavy atom. The molecule has 0 radical (unpaired) electrons. The zero-order chi connectivity index (χ0) is 17.6. The number of carbonyl (C=O) groups excluding carboxylic acids is 1. The number of carbonyl (C=O) groups is 1. The van der Waals surface area contributed by atoms with E-state index in [2.05, 4.69) is 20.6 Å². The van der Waals surface area contributed by atoms with Crippen molar-refractivity contribution in [3.05, 3.63) is 29.6 Å². The molecule has 1 aromatic rings. The van der Waals surface area contributed by atoms with Gasteiger partial charge >= 0.3 is 0 Å². The Kier molecular flexibility index (Phi) is 8.12. The van der Waals surface area contributed by atoms with E-state index in [0.717, 1.165) is 49.7 Å². The average Bonchev–Trinajstić information content (AvgIpc) is 3.30. The molecule has 3 rings (SSSR count). The van der Waals surface area contributed by atoms with Crippen LogP contribution in [0.25, 0.3) is 0 Å². The lowest BCUT2D eigenvalue weighted by Crippen LogP contribution is -2.45. The van der Waals surface area contributed by atoms with E-state index in [1.54, 1.807) is 7.05 Å². The molecule has 144 valence electrons. The molecule has 1 unspecified atom stereocenters. The second-order valence-corrected chi connectivity index (χ2v) is 7.09. The van der Waals surface area contributed by atoms with Gasteiger partial charge in [-0.2, -0.15) is 0 Å². The minimum absolute atomic E-state index is 0. The third-order valence-corrected chi connectivity index (χ3v) is 5.15. The van der Waals surface area contributed by atoms with E-state index in [4.69, 9.17) is 0 Å². The summed E-state index contributed by atoms with van der Waals surface area (Å²) in [4.78, 5) is 23.4. The van der Waals surface area contributed by atoms with E-state index in [-0.39, 0.29) is 35.9 Å². The molecular formula is C19H30IN5O. The predicted octanol–water partition coefficient (Wildman–Crippen LogP) is 2.46. The van der Waals surface area contributed by atoms with E-state index in [9.17, 15) is 4.79 Å². The van der Waals surface area contributed by atoms with E-state index in [1.807, 2.05) is 30.0 Å². The predicted molar refractivity (Wildman–Crippen MR) is 115 cm³/mol. The topological polar surface area (TPSA) is 69.6 Å². The lowest BCUT2D eigenvalue weighted by molar-refractivity contribution is -0.134. The van der Waals surface area contributed by atoms with Gasteiger partial charge in [0.25, 0.3) is 0 Å². The number of likely N-dealkylation sites (tertiary alicyclic amines) is 1. The molecule has 2 N–H and O–H groups in total. The zero-order valence-electron chi connectivity index (χ0n) is 15.7. The number of halogens is 1. The molecule has 0 spiro atoms. The van der Waals surface area contributed by atoms with Crippen LogP contribution in [0.5, 0.6) is 0 Å². The maximum Gasteiger partial charge on any atom is 0.225 e. The lowest BCUT2D eigenvalue weighted by atomic mass is 10.1. The number of nitrogens with one attached hydrogen (secondary N) is 2. The molecule has 1 aromatic heterocycles. The molecule has 1 saturated heterocycles. The van der Waals surface area contributed by atoms with Gasteiger partial charge in [0, 0.05) is 37.8 Å². The number of amides is 1. The monoisotopic (exact) mass is 471 g/mol. The molecule has 0 aromatic carbocycles. The SMILES string of the molecule is CN=C(NCc1cccc(C)n1)NC1CCN(C(=O)C2CCCC2)C1.I. The summed E-state index contributed by atoms with van der Waals surface area (Å²) in [7, 11) is 1.77. The van der Waals surface area contributed by atoms with Crippen molar-refractivity contribution in [2.45, 2.75) is 51.6 Å². The Balaban J connectivity index is 0.00000243. The number of hydrogen-bond acceptors (Lipinski definition) is 3. The van der Waals surface area contributed by atoms with Gasteiger partial charge in [-0.3, -0.25) is 14.8 Å². The van der Waals surface area contributed by atoms with Crippen molar-refractivity contribution in [3.8, 4) is 0 Å². The van der Waals surface area contributed by atoms with Crippen LogP contribution >= 0.6 is 24.0 Å². The van der Waals surface area contributed by atoms with Crippen molar-refractivity contribution < 1.29 is 4.79 Å². The van der Waals surface area contributed by atoms with Crippen molar-refractivity contribution in [1.82, 2.24) is 20.5 Å². The van der Waals surface area contributed by atoms with E-state index in [0.29, 0.717) is 12.5 Å². The maximum atomic E-state index is 12.5. The number of hydrogen-bond donors (Lipinski definition) is 2. The summed E-state index contributed by atoms with van der Waals surface area (Å²) in [5, 5.41) is 6.76. The fraction of sp³-hybridized carbons (Fsp3) is 0.632. The maximum absolute atomic E-state index is 12.5. The van der Waals surface area contributed by atoms with Crippen LogP contribution in [0.1, 0.15) is 43.5 Å². The van der Waals surface area contributed by atoms with Gasteiger partial charge in [-0.15, -0.1) is 24.0 Å². The van der Waals surface area contributed by atoms with Crippen molar-refractivity contribution in [1.29, 1.82) is 0 Å². The van der Waals surface area contributed by atoms with Crippen LogP contribution in [-0.2, 0) is 11.3 Å². The van der Waals surface area contributed by atoms with Crippen LogP contribution in [0.3, 0.4) is 0 Å². The highest BCUT2D eigenvalue weighted by Gasteiger charge is 2.32. The summed E-state index contributed by atoms with van der Waals surface area (Å²) in [6.45, 7) is 4.26. The standard InChI is InChI=1S/C19H29N5O.HI/c1-14-6-5-9-16(22-14)12-21-19(20-2)23-17-10-11-24(13-17)18(25)15-7-3-4-8-15;/h5-6,9,15,17H,3-4,7-8,10-13H2,1-2H3,(H2,20,21,23);1H. The molecule has 0 bridgehead atoms. The largest absolute Gasteiger partial charge is 0.352 e. The normalized spacial score (nSPS) is 20.8. The van der Waals surface area contributed by atoms with Crippen molar-refractivity contribution >= 4 is 35.8 Å². The summed E-state index contributed by atoms with van der Waals surface area (Å²) in [5.74, 6) is 1.39. The van der Waals surface area contributed by atoms with E-state index in [1.165, 1.54) is 12.8 Å². The Morgan fingerprint density at radius 2 is 2.08 bits per heavy atom. The Labute approximate surface area is 173 Å². The summed E-state index contributed by atoms with van der Waals surface area (Å²) in [5.41, 5.74) is 2.01. The van der Waals surface area contributed by atoms with Crippen molar-refractivity contribution in [2.24, 2.45) is 10.9 Å². The smallest absolute Gasteiger partial charge is 0.225 e. The molecule has 1 aliphatic heterocycles. The minimum Gasteiger partial charge on any atom is -0.352 e. The third-order valence-electron chi connectivity index (χ3n) is 5.15. The Hall–Kier alpha value is -1.38. The first kappa shape index (κ1) is 20.9. The fourth-order valence-electron chi connectivity index (χ4n) is 3.77. The quantitative estimate of drug-likeness (QED) is 0.402. The van der Waals surface area contributed by atoms with Gasteiger partial charge in [-0.05, 0) is 38.3 Å². The molecule has 6 nitrogen and oxygen atoms in total. The van der Waals surface area contributed by atoms with Gasteiger partial charge in [0.05, 0.1) is 12.2 Å². The highest BCUT2D eigenvalue weighted by molar-refractivity contribution is 14.0. The molecule has 26 heavy (non-hydrogen) atoms. The van der Waals surface area contributed by atoms with Gasteiger partial charge < -0.3 is 15.5 Å². The highest BCUT2D eigenvalue weighted by atomic mass is 127. The van der Waals surface area contributed by atoms with Crippen LogP contribution in [0, 0.1) is 12.8 Å². The van der Waals surface area contributed by atoms with Crippen LogP contribution in [-0.4, -0.2) is 47.9 Å². The average molecular weight is 471 g/mol. The number of nitrogens with zero attached hydrogens (tertiary/aromatic N) is 3. The Bertz CT molecular complexity index is 630. The van der Waals surface area contributed by atoms with Gasteiger partial charge in [0.2, 0.25) is 5.91 Å². The molecule has 1 saturated carbocycles. The Morgan fingerprint density at radius 1 is 1.31 bits per heavy atom.